The first kappa shape index (κ1) is 12.5. The average Bonchev–Trinajstić information content (AvgIpc) is 2.37. The summed E-state index contributed by atoms with van der Waals surface area (Å²) in [6, 6.07) is 0. The molecule has 0 amide bonds. The first-order valence-corrected chi connectivity index (χ1v) is 5.68. The molecule has 3 nitrogen and oxygen atoms in total. The molecule has 1 aromatic rings. The summed E-state index contributed by atoms with van der Waals surface area (Å²) < 4.78 is 1.90. The predicted octanol–water partition coefficient (Wildman–Crippen LogP) is 2.53. The van der Waals surface area contributed by atoms with Crippen LogP contribution in [0.4, 0.5) is 0 Å². The molecule has 1 heterocycles. The van der Waals surface area contributed by atoms with Crippen molar-refractivity contribution in [2.45, 2.75) is 33.2 Å². The Morgan fingerprint density at radius 3 is 2.40 bits per heavy atom. The molecular weight excluding hydrogens is 210 g/mol. The third-order valence-corrected chi connectivity index (χ3v) is 2.84. The molecule has 1 rings (SSSR count). The van der Waals surface area contributed by atoms with E-state index in [1.807, 2.05) is 25.7 Å². The van der Waals surface area contributed by atoms with Crippen molar-refractivity contribution < 1.29 is 0 Å². The molecule has 0 saturated heterocycles. The number of likely N-dealkylation sites (N-methyl/N-ethyl adjacent to an activating group) is 1. The van der Waals surface area contributed by atoms with E-state index in [2.05, 4.69) is 23.8 Å². The standard InChI is InChI=1S/C11H20ClN3/c1-8(2)10-9(3)13-15(11(10)12)7-6-14(4)5/h8H,6-7H2,1-5H3. The second-order valence-electron chi connectivity index (χ2n) is 4.47. The van der Waals surface area contributed by atoms with E-state index >= 15 is 0 Å². The Morgan fingerprint density at radius 2 is 2.00 bits per heavy atom. The molecule has 0 fully saturated rings. The normalized spacial score (nSPS) is 11.7. The molecule has 4 heteroatoms. The molecule has 0 aliphatic carbocycles. The van der Waals surface area contributed by atoms with Crippen LogP contribution in [0.1, 0.15) is 31.0 Å². The van der Waals surface area contributed by atoms with E-state index in [0.29, 0.717) is 5.92 Å². The molecule has 0 aliphatic rings. The minimum absolute atomic E-state index is 0.436. The van der Waals surface area contributed by atoms with E-state index in [0.717, 1.165) is 23.9 Å². The van der Waals surface area contributed by atoms with Crippen LogP contribution >= 0.6 is 11.6 Å². The smallest absolute Gasteiger partial charge is 0.130 e. The summed E-state index contributed by atoms with van der Waals surface area (Å²) >= 11 is 6.29. The summed E-state index contributed by atoms with van der Waals surface area (Å²) in [6.45, 7) is 8.11. The van der Waals surface area contributed by atoms with Gasteiger partial charge in [0.15, 0.2) is 0 Å². The van der Waals surface area contributed by atoms with Crippen LogP contribution in [-0.2, 0) is 6.54 Å². The zero-order chi connectivity index (χ0) is 11.6. The average molecular weight is 230 g/mol. The van der Waals surface area contributed by atoms with Gasteiger partial charge in [0, 0.05) is 12.1 Å². The number of rotatable bonds is 4. The number of halogens is 1. The van der Waals surface area contributed by atoms with Gasteiger partial charge in [-0.05, 0) is 26.9 Å². The first-order valence-electron chi connectivity index (χ1n) is 5.31. The SMILES string of the molecule is Cc1nn(CCN(C)C)c(Cl)c1C(C)C. The number of hydrogen-bond acceptors (Lipinski definition) is 2. The Balaban J connectivity index is 2.87. The molecule has 0 aromatic carbocycles. The molecule has 0 radical (unpaired) electrons. The van der Waals surface area contributed by atoms with E-state index in [4.69, 9.17) is 11.6 Å². The molecule has 15 heavy (non-hydrogen) atoms. The fourth-order valence-corrected chi connectivity index (χ4v) is 2.14. The minimum Gasteiger partial charge on any atom is -0.308 e. The van der Waals surface area contributed by atoms with E-state index in [-0.39, 0.29) is 0 Å². The van der Waals surface area contributed by atoms with Crippen molar-refractivity contribution in [2.24, 2.45) is 0 Å². The van der Waals surface area contributed by atoms with Crippen molar-refractivity contribution in [3.63, 3.8) is 0 Å². The zero-order valence-corrected chi connectivity index (χ0v) is 11.0. The molecular formula is C11H20ClN3. The molecule has 0 atom stereocenters. The molecule has 1 aromatic heterocycles. The third kappa shape index (κ3) is 2.95. The molecule has 0 saturated carbocycles. The molecule has 0 N–H and O–H groups in total. The quantitative estimate of drug-likeness (QED) is 0.791. The van der Waals surface area contributed by atoms with Gasteiger partial charge in [-0.25, -0.2) is 0 Å². The van der Waals surface area contributed by atoms with E-state index in [9.17, 15) is 0 Å². The number of aryl methyl sites for hydroxylation is 1. The fourth-order valence-electron chi connectivity index (χ4n) is 1.67. The number of nitrogens with zero attached hydrogens (tertiary/aromatic N) is 3. The van der Waals surface area contributed by atoms with Gasteiger partial charge < -0.3 is 4.90 Å². The van der Waals surface area contributed by atoms with Crippen LogP contribution in [0.15, 0.2) is 0 Å². The third-order valence-electron chi connectivity index (χ3n) is 2.45. The van der Waals surface area contributed by atoms with E-state index in [1.54, 1.807) is 0 Å². The van der Waals surface area contributed by atoms with Crippen molar-refractivity contribution in [3.8, 4) is 0 Å². The highest BCUT2D eigenvalue weighted by Gasteiger charge is 2.15. The first-order chi connectivity index (χ1) is 6.93. The van der Waals surface area contributed by atoms with Crippen molar-refractivity contribution in [2.75, 3.05) is 20.6 Å². The summed E-state index contributed by atoms with van der Waals surface area (Å²) in [5, 5.41) is 5.26. The Hall–Kier alpha value is -0.540. The molecule has 86 valence electrons. The number of hydrogen-bond donors (Lipinski definition) is 0. The van der Waals surface area contributed by atoms with Gasteiger partial charge in [-0.15, -0.1) is 0 Å². The fraction of sp³-hybridized carbons (Fsp3) is 0.727. The molecule has 0 aliphatic heterocycles. The van der Waals surface area contributed by atoms with Crippen molar-refractivity contribution in [3.05, 3.63) is 16.4 Å². The lowest BCUT2D eigenvalue weighted by Gasteiger charge is -2.10. The van der Waals surface area contributed by atoms with Crippen molar-refractivity contribution in [1.29, 1.82) is 0 Å². The maximum atomic E-state index is 6.29. The lowest BCUT2D eigenvalue weighted by atomic mass is 10.1. The van der Waals surface area contributed by atoms with Crippen LogP contribution in [0.2, 0.25) is 5.15 Å². The summed E-state index contributed by atoms with van der Waals surface area (Å²) in [6.07, 6.45) is 0. The lowest BCUT2D eigenvalue weighted by Crippen LogP contribution is -2.19. The molecule has 0 bridgehead atoms. The maximum Gasteiger partial charge on any atom is 0.130 e. The Kier molecular flexibility index (Phi) is 4.17. The van der Waals surface area contributed by atoms with Gasteiger partial charge in [0.2, 0.25) is 0 Å². The van der Waals surface area contributed by atoms with Crippen LogP contribution in [-0.4, -0.2) is 35.3 Å². The highest BCUT2D eigenvalue weighted by atomic mass is 35.5. The molecule has 0 spiro atoms. The van der Waals surface area contributed by atoms with Crippen molar-refractivity contribution in [1.82, 2.24) is 14.7 Å². The van der Waals surface area contributed by atoms with Crippen LogP contribution in [0, 0.1) is 6.92 Å². The van der Waals surface area contributed by atoms with Gasteiger partial charge in [-0.1, -0.05) is 25.4 Å². The van der Waals surface area contributed by atoms with Gasteiger partial charge in [-0.2, -0.15) is 5.10 Å². The van der Waals surface area contributed by atoms with Gasteiger partial charge in [0.05, 0.1) is 12.2 Å². The lowest BCUT2D eigenvalue weighted by molar-refractivity contribution is 0.373. The van der Waals surface area contributed by atoms with Crippen molar-refractivity contribution >= 4 is 11.6 Å². The van der Waals surface area contributed by atoms with Crippen LogP contribution in [0.3, 0.4) is 0 Å². The highest BCUT2D eigenvalue weighted by Crippen LogP contribution is 2.27. The van der Waals surface area contributed by atoms with Gasteiger partial charge in [0.1, 0.15) is 5.15 Å². The van der Waals surface area contributed by atoms with E-state index in [1.165, 1.54) is 5.56 Å². The van der Waals surface area contributed by atoms with Crippen LogP contribution in [0.5, 0.6) is 0 Å². The van der Waals surface area contributed by atoms with Gasteiger partial charge in [0.25, 0.3) is 0 Å². The largest absolute Gasteiger partial charge is 0.308 e. The summed E-state index contributed by atoms with van der Waals surface area (Å²) in [7, 11) is 4.10. The highest BCUT2D eigenvalue weighted by molar-refractivity contribution is 6.30. The summed E-state index contributed by atoms with van der Waals surface area (Å²) in [4.78, 5) is 2.13. The second kappa shape index (κ2) is 4.99. The monoisotopic (exact) mass is 229 g/mol. The Labute approximate surface area is 97.0 Å². The summed E-state index contributed by atoms with van der Waals surface area (Å²) in [5.41, 5.74) is 2.23. The minimum atomic E-state index is 0.436. The van der Waals surface area contributed by atoms with Crippen LogP contribution < -0.4 is 0 Å². The topological polar surface area (TPSA) is 21.1 Å². The second-order valence-corrected chi connectivity index (χ2v) is 4.83. The Bertz CT molecular complexity index is 329. The maximum absolute atomic E-state index is 6.29. The van der Waals surface area contributed by atoms with E-state index < -0.39 is 0 Å². The van der Waals surface area contributed by atoms with Crippen LogP contribution in [0.25, 0.3) is 0 Å². The number of aromatic nitrogens is 2. The van der Waals surface area contributed by atoms with Gasteiger partial charge in [-0.3, -0.25) is 4.68 Å². The Morgan fingerprint density at radius 1 is 1.40 bits per heavy atom. The predicted molar refractivity (Wildman–Crippen MR) is 64.6 cm³/mol. The summed E-state index contributed by atoms with van der Waals surface area (Å²) in [5.74, 6) is 0.436. The zero-order valence-electron chi connectivity index (χ0n) is 10.2. The van der Waals surface area contributed by atoms with Gasteiger partial charge >= 0.3 is 0 Å². The molecule has 0 unspecified atom stereocenters.